The van der Waals surface area contributed by atoms with Gasteiger partial charge < -0.3 is 25.5 Å². The number of benzene rings is 1. The molecule has 2 atom stereocenters. The summed E-state index contributed by atoms with van der Waals surface area (Å²) in [5.74, 6) is -0.0920. The summed E-state index contributed by atoms with van der Waals surface area (Å²) in [6.07, 6.45) is 1.77. The van der Waals surface area contributed by atoms with Crippen molar-refractivity contribution in [2.45, 2.75) is 31.7 Å². The van der Waals surface area contributed by atoms with Crippen LogP contribution in [0.3, 0.4) is 0 Å². The van der Waals surface area contributed by atoms with Gasteiger partial charge in [0.2, 0.25) is 11.8 Å². The van der Waals surface area contributed by atoms with Crippen LogP contribution in [-0.2, 0) is 4.79 Å². The number of primary amides is 1. The van der Waals surface area contributed by atoms with Gasteiger partial charge in [-0.25, -0.2) is 9.78 Å². The molecule has 2 saturated heterocycles. The fourth-order valence-corrected chi connectivity index (χ4v) is 5.50. The van der Waals surface area contributed by atoms with E-state index < -0.39 is 12.0 Å². The number of likely N-dealkylation sites (tertiary alicyclic amines) is 1. The summed E-state index contributed by atoms with van der Waals surface area (Å²) in [6.45, 7) is 4.18. The summed E-state index contributed by atoms with van der Waals surface area (Å²) < 4.78 is 0. The molecule has 0 radical (unpaired) electrons. The van der Waals surface area contributed by atoms with E-state index in [0.717, 1.165) is 11.4 Å². The third-order valence-corrected chi connectivity index (χ3v) is 7.90. The van der Waals surface area contributed by atoms with E-state index in [9.17, 15) is 19.5 Å². The lowest BCUT2D eigenvalue weighted by Gasteiger charge is -2.34. The van der Waals surface area contributed by atoms with E-state index in [0.29, 0.717) is 61.2 Å². The number of likely N-dealkylation sites (N-methyl/N-ethyl adjacent to an activating group) is 1. The summed E-state index contributed by atoms with van der Waals surface area (Å²) in [4.78, 5) is 46.4. The Morgan fingerprint density at radius 1 is 1.11 bits per heavy atom. The molecule has 3 heterocycles. The van der Waals surface area contributed by atoms with E-state index in [2.05, 4.69) is 9.88 Å². The van der Waals surface area contributed by atoms with Gasteiger partial charge in [0.15, 0.2) is 0 Å². The minimum absolute atomic E-state index is 0.0423. The summed E-state index contributed by atoms with van der Waals surface area (Å²) in [7, 11) is 0. The first-order valence-corrected chi connectivity index (χ1v) is 12.7. The Morgan fingerprint density at radius 2 is 1.83 bits per heavy atom. The number of amides is 3. The zero-order valence-corrected chi connectivity index (χ0v) is 21.5. The predicted molar refractivity (Wildman–Crippen MR) is 138 cm³/mol. The molecule has 2 aliphatic heterocycles. The van der Waals surface area contributed by atoms with E-state index in [1.807, 2.05) is 6.07 Å². The number of rotatable bonds is 6. The lowest BCUT2D eigenvalue weighted by molar-refractivity contribution is -0.135. The average Bonchev–Trinajstić information content (AvgIpc) is 3.30. The molecule has 0 unspecified atom stereocenters. The molecule has 0 saturated carbocycles. The highest BCUT2D eigenvalue weighted by Crippen LogP contribution is 2.36. The Hall–Kier alpha value is -3.04. The van der Waals surface area contributed by atoms with Gasteiger partial charge in [-0.15, -0.1) is 0 Å². The molecule has 36 heavy (non-hydrogen) atoms. The van der Waals surface area contributed by atoms with Gasteiger partial charge in [-0.3, -0.25) is 9.59 Å². The highest BCUT2D eigenvalue weighted by Gasteiger charge is 2.42. The molecule has 0 aliphatic carbocycles. The van der Waals surface area contributed by atoms with Crippen LogP contribution < -0.4 is 10.6 Å². The van der Waals surface area contributed by atoms with Crippen LogP contribution in [0.5, 0.6) is 0 Å². The van der Waals surface area contributed by atoms with Crippen molar-refractivity contribution in [2.75, 3.05) is 37.6 Å². The van der Waals surface area contributed by atoms with Crippen molar-refractivity contribution in [3.8, 4) is 0 Å². The van der Waals surface area contributed by atoms with Crippen LogP contribution in [-0.4, -0.2) is 76.6 Å². The van der Waals surface area contributed by atoms with Gasteiger partial charge in [-0.1, -0.05) is 29.3 Å². The van der Waals surface area contributed by atoms with Crippen LogP contribution in [0.2, 0.25) is 10.0 Å². The minimum Gasteiger partial charge on any atom is -0.465 e. The number of carbonyl (C=O) groups is 3. The molecule has 1 aromatic heterocycles. The minimum atomic E-state index is -1.01. The maximum atomic E-state index is 13.5. The largest absolute Gasteiger partial charge is 0.465 e. The predicted octanol–water partition coefficient (Wildman–Crippen LogP) is 3.70. The number of carbonyl (C=O) groups excluding carboxylic acids is 2. The number of nitrogens with two attached hydrogens (primary N) is 1. The number of carboxylic acid groups (broad SMARTS) is 1. The molecular weight excluding hydrogens is 505 g/mol. The Bertz CT molecular complexity index is 1140. The lowest BCUT2D eigenvalue weighted by atomic mass is 9.93. The first kappa shape index (κ1) is 26.0. The Morgan fingerprint density at radius 3 is 2.39 bits per heavy atom. The molecule has 0 bridgehead atoms. The van der Waals surface area contributed by atoms with E-state index >= 15 is 0 Å². The summed E-state index contributed by atoms with van der Waals surface area (Å²) in [5.41, 5.74) is 6.50. The average molecular weight is 534 g/mol. The van der Waals surface area contributed by atoms with Crippen LogP contribution in [0.1, 0.15) is 41.6 Å². The highest BCUT2D eigenvalue weighted by atomic mass is 35.5. The second-order valence-corrected chi connectivity index (χ2v) is 10.0. The Labute approximate surface area is 219 Å². The molecule has 0 spiro atoms. The second-order valence-electron chi connectivity index (χ2n) is 9.19. The third kappa shape index (κ3) is 5.37. The number of anilines is 1. The normalized spacial score (nSPS) is 20.4. The van der Waals surface area contributed by atoms with E-state index in [-0.39, 0.29) is 23.8 Å². The molecule has 2 aromatic rings. The summed E-state index contributed by atoms with van der Waals surface area (Å²) >= 11 is 12.3. The van der Waals surface area contributed by atoms with Gasteiger partial charge >= 0.3 is 6.09 Å². The van der Waals surface area contributed by atoms with Crippen molar-refractivity contribution >= 4 is 46.9 Å². The molecule has 9 nitrogen and oxygen atoms in total. The van der Waals surface area contributed by atoms with Crippen LogP contribution in [0, 0.1) is 5.92 Å². The quantitative estimate of drug-likeness (QED) is 0.583. The highest BCUT2D eigenvalue weighted by molar-refractivity contribution is 6.42. The van der Waals surface area contributed by atoms with Crippen molar-refractivity contribution in [3.05, 3.63) is 57.7 Å². The molecule has 11 heteroatoms. The first-order valence-electron chi connectivity index (χ1n) is 11.9. The van der Waals surface area contributed by atoms with Crippen molar-refractivity contribution in [3.63, 3.8) is 0 Å². The number of hydrogen-bond acceptors (Lipinski definition) is 5. The van der Waals surface area contributed by atoms with E-state index in [1.165, 1.54) is 11.1 Å². The molecule has 2 aliphatic rings. The zero-order valence-electron chi connectivity index (χ0n) is 19.9. The Balaban J connectivity index is 1.46. The summed E-state index contributed by atoms with van der Waals surface area (Å²) in [5, 5.41) is 10.6. The zero-order chi connectivity index (χ0) is 26.0. The van der Waals surface area contributed by atoms with Gasteiger partial charge in [0.25, 0.3) is 0 Å². The van der Waals surface area contributed by atoms with Crippen molar-refractivity contribution in [1.82, 2.24) is 14.8 Å². The lowest BCUT2D eigenvalue weighted by Crippen LogP contribution is -2.45. The van der Waals surface area contributed by atoms with Gasteiger partial charge in [0.05, 0.1) is 21.7 Å². The molecule has 192 valence electrons. The molecule has 3 amide bonds. The van der Waals surface area contributed by atoms with Crippen LogP contribution >= 0.6 is 23.2 Å². The molecule has 4 rings (SSSR count). The Kier molecular flexibility index (Phi) is 7.90. The monoisotopic (exact) mass is 533 g/mol. The summed E-state index contributed by atoms with van der Waals surface area (Å²) in [6, 6.07) is 8.36. The number of piperidine rings is 1. The van der Waals surface area contributed by atoms with Gasteiger partial charge in [0.1, 0.15) is 5.82 Å². The third-order valence-electron chi connectivity index (χ3n) is 7.16. The maximum Gasteiger partial charge on any atom is 0.407 e. The van der Waals surface area contributed by atoms with Gasteiger partial charge in [-0.2, -0.15) is 0 Å². The fraction of sp³-hybridized carbons (Fsp3) is 0.440. The molecule has 2 fully saturated rings. The molecule has 3 N–H and O–H groups in total. The van der Waals surface area contributed by atoms with Crippen LogP contribution in [0.15, 0.2) is 36.5 Å². The van der Waals surface area contributed by atoms with Gasteiger partial charge in [-0.05, 0) is 49.6 Å². The number of nitrogens with zero attached hydrogens (tertiary/aromatic N) is 4. The second kappa shape index (κ2) is 10.9. The number of aromatic nitrogens is 1. The van der Waals surface area contributed by atoms with Crippen LogP contribution in [0.4, 0.5) is 10.6 Å². The SMILES string of the molecule is CCN(C(=O)O)[C@@H]1CN(C(=O)C2CCN(c3ccc(C(N)=O)cn3)CC2)C[C@H]1c1ccc(Cl)c(Cl)c1. The molecular formula is C25H29Cl2N5O4. The van der Waals surface area contributed by atoms with Crippen molar-refractivity contribution < 1.29 is 19.5 Å². The van der Waals surface area contributed by atoms with Gasteiger partial charge in [0, 0.05) is 50.8 Å². The topological polar surface area (TPSA) is 120 Å². The fourth-order valence-electron chi connectivity index (χ4n) is 5.20. The number of hydrogen-bond donors (Lipinski definition) is 2. The van der Waals surface area contributed by atoms with Crippen molar-refractivity contribution in [1.29, 1.82) is 0 Å². The maximum absolute atomic E-state index is 13.5. The smallest absolute Gasteiger partial charge is 0.407 e. The van der Waals surface area contributed by atoms with E-state index in [4.69, 9.17) is 28.9 Å². The standard InChI is InChI=1S/C25H29Cl2N5O4/c1-2-32(25(35)36)21-14-31(13-18(21)16-3-5-19(26)20(27)11-16)24(34)15-7-9-30(10-8-15)22-6-4-17(12-29-22)23(28)33/h3-6,11-12,15,18,21H,2,7-10,13-14H2,1H3,(H2,28,33)(H,35,36)/t18-,21+/m0/s1. The number of pyridine rings is 1. The van der Waals surface area contributed by atoms with E-state index in [1.54, 1.807) is 36.1 Å². The number of halogens is 2. The van der Waals surface area contributed by atoms with Crippen LogP contribution in [0.25, 0.3) is 0 Å². The van der Waals surface area contributed by atoms with Crippen molar-refractivity contribution in [2.24, 2.45) is 11.7 Å². The first-order chi connectivity index (χ1) is 17.2. The molecule has 1 aromatic carbocycles.